The van der Waals surface area contributed by atoms with Gasteiger partial charge in [-0.25, -0.2) is 0 Å². The van der Waals surface area contributed by atoms with Gasteiger partial charge in [0.2, 0.25) is 5.89 Å². The molecule has 0 aliphatic rings. The van der Waals surface area contributed by atoms with Gasteiger partial charge in [0.05, 0.1) is 0 Å². The third-order valence-electron chi connectivity index (χ3n) is 3.43. The second kappa shape index (κ2) is 6.75. The lowest BCUT2D eigenvalue weighted by Gasteiger charge is -2.03. The van der Waals surface area contributed by atoms with Crippen LogP contribution in [0.25, 0.3) is 0 Å². The molecule has 1 aromatic heterocycles. The summed E-state index contributed by atoms with van der Waals surface area (Å²) in [5.41, 5.74) is 3.51. The van der Waals surface area contributed by atoms with Crippen molar-refractivity contribution >= 4 is 27.6 Å². The molecule has 4 nitrogen and oxygen atoms in total. The van der Waals surface area contributed by atoms with E-state index in [0.717, 1.165) is 23.0 Å². The maximum atomic E-state index is 5.63. The van der Waals surface area contributed by atoms with E-state index in [4.69, 9.17) is 4.42 Å². The van der Waals surface area contributed by atoms with Crippen molar-refractivity contribution in [2.75, 3.05) is 5.32 Å². The molecule has 5 heteroatoms. The topological polar surface area (TPSA) is 51.0 Å². The Morgan fingerprint density at radius 3 is 2.55 bits per heavy atom. The van der Waals surface area contributed by atoms with Crippen LogP contribution in [0.3, 0.4) is 0 Å². The van der Waals surface area contributed by atoms with Crippen molar-refractivity contribution in [2.45, 2.75) is 19.8 Å². The first-order valence-electron chi connectivity index (χ1n) is 7.10. The maximum absolute atomic E-state index is 5.63. The lowest BCUT2D eigenvalue weighted by molar-refractivity contribution is 0.507. The number of hydrogen-bond donors (Lipinski definition) is 1. The summed E-state index contributed by atoms with van der Waals surface area (Å²) >= 11 is 3.40. The maximum Gasteiger partial charge on any atom is 0.320 e. The molecule has 3 rings (SSSR count). The molecule has 0 spiro atoms. The molecular formula is C17H16BrN3O. The van der Waals surface area contributed by atoms with Gasteiger partial charge in [-0.05, 0) is 48.7 Å². The van der Waals surface area contributed by atoms with Crippen LogP contribution >= 0.6 is 15.9 Å². The van der Waals surface area contributed by atoms with Crippen LogP contribution in [-0.4, -0.2) is 10.2 Å². The molecule has 22 heavy (non-hydrogen) atoms. The number of nitrogens with one attached hydrogen (secondary N) is 1. The Kier molecular flexibility index (Phi) is 4.53. The second-order valence-corrected chi connectivity index (χ2v) is 5.98. The minimum Gasteiger partial charge on any atom is -0.408 e. The van der Waals surface area contributed by atoms with Crippen LogP contribution in [0.2, 0.25) is 0 Å². The van der Waals surface area contributed by atoms with E-state index in [9.17, 15) is 0 Å². The van der Waals surface area contributed by atoms with Crippen LogP contribution in [0.4, 0.5) is 11.7 Å². The molecule has 1 N–H and O–H groups in total. The first-order valence-corrected chi connectivity index (χ1v) is 7.89. The van der Waals surface area contributed by atoms with Gasteiger partial charge in [-0.1, -0.05) is 45.3 Å². The Morgan fingerprint density at radius 2 is 1.77 bits per heavy atom. The molecule has 0 fully saturated rings. The van der Waals surface area contributed by atoms with Gasteiger partial charge in [0.1, 0.15) is 0 Å². The molecule has 0 bridgehead atoms. The quantitative estimate of drug-likeness (QED) is 0.720. The van der Waals surface area contributed by atoms with E-state index in [2.05, 4.69) is 56.6 Å². The molecule has 0 saturated heterocycles. The fourth-order valence-electron chi connectivity index (χ4n) is 2.19. The van der Waals surface area contributed by atoms with Crippen LogP contribution in [0.1, 0.15) is 17.0 Å². The fourth-order valence-corrected chi connectivity index (χ4v) is 2.46. The molecule has 0 atom stereocenters. The number of aryl methyl sites for hydroxylation is 3. The summed E-state index contributed by atoms with van der Waals surface area (Å²) in [6.07, 6.45) is 1.63. The highest BCUT2D eigenvalue weighted by Crippen LogP contribution is 2.19. The fraction of sp³-hybridized carbons (Fsp3) is 0.176. The molecule has 0 aliphatic heterocycles. The van der Waals surface area contributed by atoms with Gasteiger partial charge in [0, 0.05) is 16.6 Å². The summed E-state index contributed by atoms with van der Waals surface area (Å²) in [5.74, 6) is 0.642. The van der Waals surface area contributed by atoms with Gasteiger partial charge in [-0.3, -0.25) is 0 Å². The standard InChI is InChI=1S/C17H16BrN3O/c1-12-4-2-3-5-13(12)6-11-16-20-21-17(22-16)19-15-9-7-14(18)8-10-15/h2-5,7-10H,6,11H2,1H3,(H,19,21). The Labute approximate surface area is 137 Å². The van der Waals surface area contributed by atoms with E-state index in [1.165, 1.54) is 11.1 Å². The van der Waals surface area contributed by atoms with Crippen LogP contribution in [-0.2, 0) is 12.8 Å². The van der Waals surface area contributed by atoms with Crippen LogP contribution in [0, 0.1) is 6.92 Å². The molecule has 0 amide bonds. The van der Waals surface area contributed by atoms with Crippen LogP contribution in [0.15, 0.2) is 57.4 Å². The molecule has 0 unspecified atom stereocenters. The molecule has 0 radical (unpaired) electrons. The number of anilines is 2. The van der Waals surface area contributed by atoms with Gasteiger partial charge < -0.3 is 9.73 Å². The molecule has 2 aromatic carbocycles. The van der Waals surface area contributed by atoms with Crippen molar-refractivity contribution in [3.63, 3.8) is 0 Å². The monoisotopic (exact) mass is 357 g/mol. The number of halogens is 1. The summed E-state index contributed by atoms with van der Waals surface area (Å²) in [4.78, 5) is 0. The smallest absolute Gasteiger partial charge is 0.320 e. The molecular weight excluding hydrogens is 342 g/mol. The average molecular weight is 358 g/mol. The predicted molar refractivity (Wildman–Crippen MR) is 90.3 cm³/mol. The number of nitrogens with zero attached hydrogens (tertiary/aromatic N) is 2. The van der Waals surface area contributed by atoms with E-state index in [0.29, 0.717) is 11.9 Å². The van der Waals surface area contributed by atoms with Crippen molar-refractivity contribution in [2.24, 2.45) is 0 Å². The summed E-state index contributed by atoms with van der Waals surface area (Å²) in [7, 11) is 0. The molecule has 112 valence electrons. The predicted octanol–water partition coefficient (Wildman–Crippen LogP) is 4.67. The summed E-state index contributed by atoms with van der Waals surface area (Å²) in [6.45, 7) is 2.11. The minimum absolute atomic E-state index is 0.419. The molecule has 0 saturated carbocycles. The summed E-state index contributed by atoms with van der Waals surface area (Å²) in [5, 5.41) is 11.2. The SMILES string of the molecule is Cc1ccccc1CCc1nnc(Nc2ccc(Br)cc2)o1. The van der Waals surface area contributed by atoms with Gasteiger partial charge in [0.15, 0.2) is 0 Å². The number of benzene rings is 2. The number of rotatable bonds is 5. The molecule has 3 aromatic rings. The largest absolute Gasteiger partial charge is 0.408 e. The first kappa shape index (κ1) is 14.8. The third-order valence-corrected chi connectivity index (χ3v) is 3.96. The Bertz CT molecular complexity index is 753. The van der Waals surface area contributed by atoms with E-state index in [-0.39, 0.29) is 0 Å². The van der Waals surface area contributed by atoms with Crippen molar-refractivity contribution in [1.82, 2.24) is 10.2 Å². The van der Waals surface area contributed by atoms with Crippen molar-refractivity contribution in [3.8, 4) is 0 Å². The van der Waals surface area contributed by atoms with Gasteiger partial charge >= 0.3 is 6.01 Å². The average Bonchev–Trinajstić information content (AvgIpc) is 2.96. The second-order valence-electron chi connectivity index (χ2n) is 5.06. The van der Waals surface area contributed by atoms with E-state index in [1.54, 1.807) is 0 Å². The molecule has 0 aliphatic carbocycles. The van der Waals surface area contributed by atoms with E-state index in [1.807, 2.05) is 30.3 Å². The summed E-state index contributed by atoms with van der Waals surface area (Å²) in [6, 6.07) is 16.6. The normalized spacial score (nSPS) is 10.6. The van der Waals surface area contributed by atoms with Crippen molar-refractivity contribution in [3.05, 3.63) is 70.0 Å². The van der Waals surface area contributed by atoms with Crippen molar-refractivity contribution < 1.29 is 4.42 Å². The van der Waals surface area contributed by atoms with E-state index < -0.39 is 0 Å². The number of aromatic nitrogens is 2. The minimum atomic E-state index is 0.419. The van der Waals surface area contributed by atoms with Crippen LogP contribution < -0.4 is 5.32 Å². The number of hydrogen-bond acceptors (Lipinski definition) is 4. The summed E-state index contributed by atoms with van der Waals surface area (Å²) < 4.78 is 6.66. The van der Waals surface area contributed by atoms with Gasteiger partial charge in [0.25, 0.3) is 0 Å². The Balaban J connectivity index is 1.61. The van der Waals surface area contributed by atoms with E-state index >= 15 is 0 Å². The van der Waals surface area contributed by atoms with Crippen molar-refractivity contribution in [1.29, 1.82) is 0 Å². The Hall–Kier alpha value is -2.14. The lowest BCUT2D eigenvalue weighted by Crippen LogP contribution is -1.94. The first-order chi connectivity index (χ1) is 10.7. The highest BCUT2D eigenvalue weighted by Gasteiger charge is 2.07. The molecule has 1 heterocycles. The van der Waals surface area contributed by atoms with Gasteiger partial charge in [-0.15, -0.1) is 5.10 Å². The third kappa shape index (κ3) is 3.74. The Morgan fingerprint density at radius 1 is 1.00 bits per heavy atom. The highest BCUT2D eigenvalue weighted by molar-refractivity contribution is 9.10. The van der Waals surface area contributed by atoms with Gasteiger partial charge in [-0.2, -0.15) is 0 Å². The highest BCUT2D eigenvalue weighted by atomic mass is 79.9. The zero-order valence-corrected chi connectivity index (χ0v) is 13.8. The zero-order valence-electron chi connectivity index (χ0n) is 12.2. The zero-order chi connectivity index (χ0) is 15.4. The van der Waals surface area contributed by atoms with Crippen LogP contribution in [0.5, 0.6) is 0 Å². The lowest BCUT2D eigenvalue weighted by atomic mass is 10.0.